The number of oxazole rings is 1. The molecule has 112 valence electrons. The molecule has 0 saturated carbocycles. The maximum absolute atomic E-state index is 12.1. The second kappa shape index (κ2) is 6.34. The van der Waals surface area contributed by atoms with Gasteiger partial charge >= 0.3 is 12.6 Å². The van der Waals surface area contributed by atoms with Crippen LogP contribution in [0.15, 0.2) is 28.7 Å². The van der Waals surface area contributed by atoms with E-state index in [9.17, 15) is 13.6 Å². The van der Waals surface area contributed by atoms with Crippen molar-refractivity contribution in [3.63, 3.8) is 0 Å². The maximum Gasteiger partial charge on any atom is 0.387 e. The lowest BCUT2D eigenvalue weighted by Gasteiger charge is -2.04. The minimum atomic E-state index is -2.88. The molecule has 21 heavy (non-hydrogen) atoms. The van der Waals surface area contributed by atoms with Gasteiger partial charge < -0.3 is 13.9 Å². The Morgan fingerprint density at radius 3 is 2.57 bits per heavy atom. The van der Waals surface area contributed by atoms with Gasteiger partial charge in [-0.05, 0) is 38.1 Å². The normalized spacial score (nSPS) is 10.7. The first-order chi connectivity index (χ1) is 10.0. The minimum Gasteiger partial charge on any atom is -0.460 e. The molecule has 1 aromatic heterocycles. The molecule has 0 spiro atoms. The highest BCUT2D eigenvalue weighted by Gasteiger charge is 2.19. The predicted molar refractivity (Wildman–Crippen MR) is 69.3 cm³/mol. The van der Waals surface area contributed by atoms with Crippen LogP contribution in [-0.4, -0.2) is 24.2 Å². The molecule has 0 radical (unpaired) electrons. The van der Waals surface area contributed by atoms with Gasteiger partial charge in [-0.15, -0.1) is 0 Å². The number of halogens is 2. The van der Waals surface area contributed by atoms with Gasteiger partial charge in [-0.1, -0.05) is 0 Å². The number of esters is 1. The molecule has 2 rings (SSSR count). The van der Waals surface area contributed by atoms with E-state index in [4.69, 9.17) is 9.15 Å². The third-order valence-corrected chi connectivity index (χ3v) is 2.58. The van der Waals surface area contributed by atoms with Crippen molar-refractivity contribution in [2.75, 3.05) is 6.61 Å². The van der Waals surface area contributed by atoms with E-state index >= 15 is 0 Å². The van der Waals surface area contributed by atoms with Crippen LogP contribution in [0.25, 0.3) is 11.5 Å². The van der Waals surface area contributed by atoms with Gasteiger partial charge in [0.25, 0.3) is 0 Å². The molecule has 5 nitrogen and oxygen atoms in total. The van der Waals surface area contributed by atoms with Crippen molar-refractivity contribution in [3.8, 4) is 17.2 Å². The van der Waals surface area contributed by atoms with E-state index in [2.05, 4.69) is 9.72 Å². The van der Waals surface area contributed by atoms with Gasteiger partial charge in [0.2, 0.25) is 11.7 Å². The van der Waals surface area contributed by atoms with E-state index in [0.29, 0.717) is 11.3 Å². The van der Waals surface area contributed by atoms with Crippen molar-refractivity contribution in [1.29, 1.82) is 0 Å². The van der Waals surface area contributed by atoms with Gasteiger partial charge in [0.05, 0.1) is 12.3 Å². The van der Waals surface area contributed by atoms with Crippen molar-refractivity contribution >= 4 is 5.97 Å². The van der Waals surface area contributed by atoms with Gasteiger partial charge in [0, 0.05) is 5.56 Å². The summed E-state index contributed by atoms with van der Waals surface area (Å²) >= 11 is 0. The molecule has 0 amide bonds. The Morgan fingerprint density at radius 1 is 1.33 bits per heavy atom. The minimum absolute atomic E-state index is 0.0276. The molecule has 0 N–H and O–H groups in total. The smallest absolute Gasteiger partial charge is 0.387 e. The van der Waals surface area contributed by atoms with E-state index in [0.717, 1.165) is 0 Å². The van der Waals surface area contributed by atoms with Crippen LogP contribution in [0.4, 0.5) is 8.78 Å². The van der Waals surface area contributed by atoms with Crippen molar-refractivity contribution < 1.29 is 27.5 Å². The number of ether oxygens (including phenoxy) is 2. The molecule has 7 heteroatoms. The van der Waals surface area contributed by atoms with Gasteiger partial charge in [-0.25, -0.2) is 9.78 Å². The number of benzene rings is 1. The summed E-state index contributed by atoms with van der Waals surface area (Å²) in [5, 5.41) is 0. The lowest BCUT2D eigenvalue weighted by Crippen LogP contribution is -2.04. The number of hydrogen-bond acceptors (Lipinski definition) is 5. The maximum atomic E-state index is 12.1. The molecular weight excluding hydrogens is 284 g/mol. The highest BCUT2D eigenvalue weighted by Crippen LogP contribution is 2.25. The summed E-state index contributed by atoms with van der Waals surface area (Å²) in [6.07, 6.45) is 0. The lowest BCUT2D eigenvalue weighted by molar-refractivity contribution is -0.0498. The standard InChI is InChI=1S/C14H13F2NO4/c1-3-19-13(18)11-8(2)17-12(21-11)9-4-6-10(7-5-9)20-14(15)16/h4-7,14H,3H2,1-2H3. The third-order valence-electron chi connectivity index (χ3n) is 2.58. The first-order valence-electron chi connectivity index (χ1n) is 6.21. The van der Waals surface area contributed by atoms with E-state index in [-0.39, 0.29) is 24.0 Å². The number of rotatable bonds is 5. The number of carbonyl (C=O) groups excluding carboxylic acids is 1. The van der Waals surface area contributed by atoms with Gasteiger partial charge in [0.1, 0.15) is 5.75 Å². The van der Waals surface area contributed by atoms with Crippen molar-refractivity contribution in [2.24, 2.45) is 0 Å². The SMILES string of the molecule is CCOC(=O)c1oc(-c2ccc(OC(F)F)cc2)nc1C. The van der Waals surface area contributed by atoms with Crippen molar-refractivity contribution in [1.82, 2.24) is 4.98 Å². The van der Waals surface area contributed by atoms with Crippen LogP contribution >= 0.6 is 0 Å². The monoisotopic (exact) mass is 297 g/mol. The number of nitrogens with zero attached hydrogens (tertiary/aromatic N) is 1. The number of hydrogen-bond donors (Lipinski definition) is 0. The summed E-state index contributed by atoms with van der Waals surface area (Å²) in [5.41, 5.74) is 0.937. The number of aryl methyl sites for hydroxylation is 1. The Kier molecular flexibility index (Phi) is 4.52. The zero-order valence-electron chi connectivity index (χ0n) is 11.4. The fourth-order valence-electron chi connectivity index (χ4n) is 1.68. The van der Waals surface area contributed by atoms with Crippen LogP contribution in [0.2, 0.25) is 0 Å². The molecule has 0 aliphatic carbocycles. The molecule has 1 aromatic carbocycles. The second-order valence-electron chi connectivity index (χ2n) is 4.06. The Bertz CT molecular complexity index is 622. The van der Waals surface area contributed by atoms with Gasteiger partial charge in [0.15, 0.2) is 0 Å². The van der Waals surface area contributed by atoms with Crippen LogP contribution < -0.4 is 4.74 Å². The molecule has 1 heterocycles. The molecule has 0 unspecified atom stereocenters. The van der Waals surface area contributed by atoms with E-state index in [1.807, 2.05) is 0 Å². The molecular formula is C14H13F2NO4. The Labute approximate surface area is 119 Å². The summed E-state index contributed by atoms with van der Waals surface area (Å²) in [6.45, 7) is 0.656. The molecule has 0 fully saturated rings. The van der Waals surface area contributed by atoms with Crippen molar-refractivity contribution in [2.45, 2.75) is 20.5 Å². The Hall–Kier alpha value is -2.44. The molecule has 0 saturated heterocycles. The first-order valence-corrected chi connectivity index (χ1v) is 6.21. The Morgan fingerprint density at radius 2 is 2.00 bits per heavy atom. The van der Waals surface area contributed by atoms with E-state index in [1.165, 1.54) is 24.3 Å². The average molecular weight is 297 g/mol. The predicted octanol–water partition coefficient (Wildman–Crippen LogP) is 3.43. The van der Waals surface area contributed by atoms with Crippen LogP contribution in [0.1, 0.15) is 23.2 Å². The average Bonchev–Trinajstić information content (AvgIpc) is 2.81. The lowest BCUT2D eigenvalue weighted by atomic mass is 10.2. The largest absolute Gasteiger partial charge is 0.460 e. The van der Waals surface area contributed by atoms with E-state index < -0.39 is 12.6 Å². The zero-order chi connectivity index (χ0) is 15.4. The highest BCUT2D eigenvalue weighted by atomic mass is 19.3. The van der Waals surface area contributed by atoms with Gasteiger partial charge in [-0.2, -0.15) is 8.78 Å². The summed E-state index contributed by atoms with van der Waals surface area (Å²) in [6, 6.07) is 5.76. The fourth-order valence-corrected chi connectivity index (χ4v) is 1.68. The quantitative estimate of drug-likeness (QED) is 0.791. The summed E-state index contributed by atoms with van der Waals surface area (Å²) < 4.78 is 38.6. The number of aromatic nitrogens is 1. The molecule has 0 aliphatic heterocycles. The molecule has 0 bridgehead atoms. The van der Waals surface area contributed by atoms with Crippen LogP contribution in [0.5, 0.6) is 5.75 Å². The van der Waals surface area contributed by atoms with Crippen LogP contribution in [-0.2, 0) is 4.74 Å². The van der Waals surface area contributed by atoms with Crippen LogP contribution in [0.3, 0.4) is 0 Å². The molecule has 0 atom stereocenters. The number of alkyl halides is 2. The highest BCUT2D eigenvalue weighted by molar-refractivity contribution is 5.87. The third kappa shape index (κ3) is 3.56. The second-order valence-corrected chi connectivity index (χ2v) is 4.06. The summed E-state index contributed by atoms with van der Waals surface area (Å²) in [5.74, 6) is -0.326. The van der Waals surface area contributed by atoms with Crippen LogP contribution in [0, 0.1) is 6.92 Å². The van der Waals surface area contributed by atoms with Crippen molar-refractivity contribution in [3.05, 3.63) is 35.7 Å². The molecule has 0 aliphatic rings. The summed E-state index contributed by atoms with van der Waals surface area (Å²) in [7, 11) is 0. The summed E-state index contributed by atoms with van der Waals surface area (Å²) in [4.78, 5) is 15.7. The number of carbonyl (C=O) groups is 1. The Balaban J connectivity index is 2.22. The fraction of sp³-hybridized carbons (Fsp3) is 0.286. The molecule has 2 aromatic rings. The topological polar surface area (TPSA) is 61.6 Å². The zero-order valence-corrected chi connectivity index (χ0v) is 11.4. The first kappa shape index (κ1) is 15.0. The van der Waals surface area contributed by atoms with Gasteiger partial charge in [-0.3, -0.25) is 0 Å². The van der Waals surface area contributed by atoms with E-state index in [1.54, 1.807) is 13.8 Å².